The molecule has 0 bridgehead atoms. The second kappa shape index (κ2) is 9.86. The molecule has 0 aliphatic rings. The molecule has 0 heterocycles. The number of rotatable bonds is 9. The molecule has 1 unspecified atom stereocenters. The molecule has 2 nitrogen and oxygen atoms in total. The normalized spacial score (nSPS) is 14.4. The SMILES string of the molecule is C/C=C\[SiH](CC)C(N(CC)CC)N(CC)CC. The highest BCUT2D eigenvalue weighted by atomic mass is 28.3. The van der Waals surface area contributed by atoms with E-state index in [2.05, 4.69) is 63.1 Å². The van der Waals surface area contributed by atoms with E-state index in [0.717, 1.165) is 0 Å². The van der Waals surface area contributed by atoms with Gasteiger partial charge in [0, 0.05) is 0 Å². The molecule has 0 rings (SSSR count). The maximum absolute atomic E-state index is 2.65. The van der Waals surface area contributed by atoms with Crippen molar-refractivity contribution >= 4 is 8.80 Å². The zero-order chi connectivity index (χ0) is 13.3. The number of nitrogens with zero attached hydrogens (tertiary/aromatic N) is 2. The van der Waals surface area contributed by atoms with Crippen molar-refractivity contribution < 1.29 is 0 Å². The van der Waals surface area contributed by atoms with E-state index in [4.69, 9.17) is 0 Å². The second-order valence-electron chi connectivity index (χ2n) is 4.45. The number of allylic oxidation sites excluding steroid dienone is 1. The first kappa shape index (κ1) is 16.9. The molecule has 3 heteroatoms. The molecule has 0 saturated heterocycles. The van der Waals surface area contributed by atoms with Crippen LogP contribution in [0.2, 0.25) is 6.04 Å². The van der Waals surface area contributed by atoms with Gasteiger partial charge in [0.05, 0.1) is 14.6 Å². The fourth-order valence-corrected chi connectivity index (χ4v) is 5.97. The Morgan fingerprint density at radius 1 is 0.882 bits per heavy atom. The van der Waals surface area contributed by atoms with Crippen molar-refractivity contribution in [2.24, 2.45) is 0 Å². The predicted octanol–water partition coefficient (Wildman–Crippen LogP) is 2.90. The van der Waals surface area contributed by atoms with Crippen LogP contribution >= 0.6 is 0 Å². The van der Waals surface area contributed by atoms with Crippen LogP contribution in [0.4, 0.5) is 0 Å². The third-order valence-electron chi connectivity index (χ3n) is 3.67. The van der Waals surface area contributed by atoms with Gasteiger partial charge < -0.3 is 0 Å². The summed E-state index contributed by atoms with van der Waals surface area (Å²) in [6.45, 7) is 18.3. The molecule has 0 aromatic heterocycles. The summed E-state index contributed by atoms with van der Waals surface area (Å²) >= 11 is 0. The van der Waals surface area contributed by atoms with Crippen LogP contribution in [0.3, 0.4) is 0 Å². The lowest BCUT2D eigenvalue weighted by atomic mass is 10.5. The summed E-state index contributed by atoms with van der Waals surface area (Å²) in [7, 11) is -0.843. The molecule has 0 spiro atoms. The predicted molar refractivity (Wildman–Crippen MR) is 82.1 cm³/mol. The largest absolute Gasteiger partial charge is 0.291 e. The summed E-state index contributed by atoms with van der Waals surface area (Å²) in [6, 6.07) is 1.35. The Labute approximate surface area is 110 Å². The molecular weight excluding hydrogens is 224 g/mol. The molecule has 102 valence electrons. The summed E-state index contributed by atoms with van der Waals surface area (Å²) in [5.41, 5.74) is 2.52. The molecule has 0 aromatic carbocycles. The van der Waals surface area contributed by atoms with Gasteiger partial charge in [-0.2, -0.15) is 0 Å². The Bertz CT molecular complexity index is 186. The first-order valence-corrected chi connectivity index (χ1v) is 9.45. The van der Waals surface area contributed by atoms with E-state index in [1.807, 2.05) is 0 Å². The molecule has 0 saturated carbocycles. The topological polar surface area (TPSA) is 6.48 Å². The summed E-state index contributed by atoms with van der Waals surface area (Å²) in [5.74, 6) is 0.696. The lowest BCUT2D eigenvalue weighted by Crippen LogP contribution is -2.56. The molecule has 17 heavy (non-hydrogen) atoms. The van der Waals surface area contributed by atoms with E-state index in [1.165, 1.54) is 32.2 Å². The van der Waals surface area contributed by atoms with Crippen LogP contribution in [0.15, 0.2) is 11.8 Å². The van der Waals surface area contributed by atoms with Crippen molar-refractivity contribution in [1.82, 2.24) is 9.80 Å². The molecule has 0 aromatic rings. The van der Waals surface area contributed by atoms with Gasteiger partial charge in [0.1, 0.15) is 0 Å². The first-order chi connectivity index (χ1) is 8.19. The van der Waals surface area contributed by atoms with Gasteiger partial charge in [-0.25, -0.2) is 0 Å². The molecular formula is C14H32N2Si. The van der Waals surface area contributed by atoms with Crippen molar-refractivity contribution in [2.45, 2.75) is 53.4 Å². The minimum atomic E-state index is -0.843. The van der Waals surface area contributed by atoms with Crippen LogP contribution in [-0.2, 0) is 0 Å². The minimum Gasteiger partial charge on any atom is -0.291 e. The average molecular weight is 257 g/mol. The molecule has 0 N–H and O–H groups in total. The van der Waals surface area contributed by atoms with Crippen molar-refractivity contribution in [3.8, 4) is 0 Å². The fraction of sp³-hybridized carbons (Fsp3) is 0.857. The highest BCUT2D eigenvalue weighted by molar-refractivity contribution is 6.65. The zero-order valence-corrected chi connectivity index (χ0v) is 13.9. The maximum Gasteiger partial charge on any atom is 0.0979 e. The van der Waals surface area contributed by atoms with Gasteiger partial charge in [0.25, 0.3) is 0 Å². The Hall–Kier alpha value is -0.123. The van der Waals surface area contributed by atoms with Crippen molar-refractivity contribution in [3.63, 3.8) is 0 Å². The van der Waals surface area contributed by atoms with Gasteiger partial charge >= 0.3 is 0 Å². The van der Waals surface area contributed by atoms with Gasteiger partial charge in [-0.05, 0) is 33.1 Å². The second-order valence-corrected chi connectivity index (χ2v) is 7.58. The number of hydrogen-bond acceptors (Lipinski definition) is 2. The quantitative estimate of drug-likeness (QED) is 0.462. The van der Waals surface area contributed by atoms with Crippen LogP contribution in [0.1, 0.15) is 41.5 Å². The lowest BCUT2D eigenvalue weighted by molar-refractivity contribution is 0.112. The summed E-state index contributed by atoms with van der Waals surface area (Å²) < 4.78 is 0. The summed E-state index contributed by atoms with van der Waals surface area (Å²) in [6.07, 6.45) is 2.26. The zero-order valence-electron chi connectivity index (χ0n) is 12.7. The van der Waals surface area contributed by atoms with Gasteiger partial charge in [-0.3, -0.25) is 9.80 Å². The summed E-state index contributed by atoms with van der Waals surface area (Å²) in [4.78, 5) is 5.29. The number of hydrogen-bond donors (Lipinski definition) is 0. The van der Waals surface area contributed by atoms with Crippen molar-refractivity contribution in [3.05, 3.63) is 11.8 Å². The Balaban J connectivity index is 5.03. The minimum absolute atomic E-state index is 0.696. The smallest absolute Gasteiger partial charge is 0.0979 e. The van der Waals surface area contributed by atoms with E-state index in [1.54, 1.807) is 0 Å². The van der Waals surface area contributed by atoms with E-state index in [0.29, 0.717) is 5.79 Å². The first-order valence-electron chi connectivity index (χ1n) is 7.30. The van der Waals surface area contributed by atoms with Gasteiger partial charge in [-0.15, -0.1) is 0 Å². The highest BCUT2D eigenvalue weighted by Gasteiger charge is 2.28. The van der Waals surface area contributed by atoms with Crippen LogP contribution in [0, 0.1) is 0 Å². The van der Waals surface area contributed by atoms with E-state index >= 15 is 0 Å². The third-order valence-corrected chi connectivity index (χ3v) is 7.10. The van der Waals surface area contributed by atoms with Crippen LogP contribution in [-0.4, -0.2) is 50.6 Å². The Kier molecular flexibility index (Phi) is 9.79. The Morgan fingerprint density at radius 2 is 1.29 bits per heavy atom. The molecule has 0 radical (unpaired) electrons. The van der Waals surface area contributed by atoms with Crippen molar-refractivity contribution in [2.75, 3.05) is 26.2 Å². The van der Waals surface area contributed by atoms with Crippen LogP contribution in [0.5, 0.6) is 0 Å². The fourth-order valence-electron chi connectivity index (χ4n) is 2.66. The van der Waals surface area contributed by atoms with Gasteiger partial charge in [-0.1, -0.05) is 52.4 Å². The maximum atomic E-state index is 2.65. The molecule has 1 atom stereocenters. The monoisotopic (exact) mass is 256 g/mol. The molecule has 0 fully saturated rings. The van der Waals surface area contributed by atoms with Gasteiger partial charge in [0.2, 0.25) is 0 Å². The standard InChI is InChI=1S/C14H32N2Si/c1-7-13-17(12-6)14(15(8-2)9-3)16(10-4)11-5/h7,13-14,17H,8-12H2,1-6H3/b13-7-. The van der Waals surface area contributed by atoms with E-state index < -0.39 is 8.80 Å². The van der Waals surface area contributed by atoms with E-state index in [-0.39, 0.29) is 0 Å². The Morgan fingerprint density at radius 3 is 1.53 bits per heavy atom. The lowest BCUT2D eigenvalue weighted by Gasteiger charge is -2.41. The van der Waals surface area contributed by atoms with Crippen molar-refractivity contribution in [1.29, 1.82) is 0 Å². The van der Waals surface area contributed by atoms with Crippen LogP contribution < -0.4 is 0 Å². The average Bonchev–Trinajstić information content (AvgIpc) is 2.37. The summed E-state index contributed by atoms with van der Waals surface area (Å²) in [5, 5.41) is 0. The van der Waals surface area contributed by atoms with Gasteiger partial charge in [0.15, 0.2) is 0 Å². The van der Waals surface area contributed by atoms with E-state index in [9.17, 15) is 0 Å². The molecule has 0 amide bonds. The third kappa shape index (κ3) is 4.94. The molecule has 0 aliphatic heterocycles. The molecule has 0 aliphatic carbocycles. The van der Waals surface area contributed by atoms with Crippen LogP contribution in [0.25, 0.3) is 0 Å². The highest BCUT2D eigenvalue weighted by Crippen LogP contribution is 2.14.